The molecule has 2 aromatic rings. The Hall–Kier alpha value is -1.37. The Bertz CT molecular complexity index is 660. The molecule has 4 rings (SSSR count). The van der Waals surface area contributed by atoms with Crippen LogP contribution in [0.2, 0.25) is 0 Å². The molecule has 0 spiro atoms. The van der Waals surface area contributed by atoms with Crippen molar-refractivity contribution >= 4 is 29.0 Å². The van der Waals surface area contributed by atoms with Crippen LogP contribution in [0.4, 0.5) is 0 Å². The standard InChI is InChI=1S/C17H19N3OS2/c21-17(19-14-7-12-5-6-20(9-12)10-14)13-1-3-15(4-2-13)23-16-8-18-11-22-16/h1-4,8,11-12,14H,5-7,9-10H2,(H,19,21)/t12-,14-/m1/s1. The van der Waals surface area contributed by atoms with Gasteiger partial charge in [0.1, 0.15) is 0 Å². The van der Waals surface area contributed by atoms with E-state index in [0.717, 1.165) is 33.6 Å². The van der Waals surface area contributed by atoms with E-state index < -0.39 is 0 Å². The Kier molecular flexibility index (Phi) is 4.37. The SMILES string of the molecule is O=C(N[C@@H]1C[C@H]2CCN(C2)C1)c1ccc(Sc2cncs2)cc1. The second kappa shape index (κ2) is 6.63. The van der Waals surface area contributed by atoms with E-state index in [1.807, 2.05) is 36.0 Å². The van der Waals surface area contributed by atoms with Gasteiger partial charge in [0.2, 0.25) is 0 Å². The molecule has 23 heavy (non-hydrogen) atoms. The number of amides is 1. The Balaban J connectivity index is 1.36. The fourth-order valence-electron chi connectivity index (χ4n) is 3.48. The van der Waals surface area contributed by atoms with Crippen LogP contribution in [0.15, 0.2) is 45.1 Å². The third-order valence-corrected chi connectivity index (χ3v) is 6.46. The summed E-state index contributed by atoms with van der Waals surface area (Å²) in [4.78, 5) is 20.1. The lowest BCUT2D eigenvalue weighted by molar-refractivity contribution is 0.0909. The monoisotopic (exact) mass is 345 g/mol. The van der Waals surface area contributed by atoms with Crippen LogP contribution in [0.3, 0.4) is 0 Å². The van der Waals surface area contributed by atoms with Gasteiger partial charge in [0.15, 0.2) is 0 Å². The maximum Gasteiger partial charge on any atom is 0.251 e. The van der Waals surface area contributed by atoms with E-state index in [2.05, 4.69) is 15.2 Å². The molecule has 2 aliphatic rings. The minimum Gasteiger partial charge on any atom is -0.348 e. The normalized spacial score (nSPS) is 26.2. The number of hydrogen-bond donors (Lipinski definition) is 1. The van der Waals surface area contributed by atoms with E-state index in [1.54, 1.807) is 23.1 Å². The van der Waals surface area contributed by atoms with Crippen molar-refractivity contribution in [3.05, 3.63) is 41.5 Å². The molecule has 2 bridgehead atoms. The van der Waals surface area contributed by atoms with Crippen molar-refractivity contribution < 1.29 is 4.79 Å². The van der Waals surface area contributed by atoms with Crippen LogP contribution in [0, 0.1) is 5.92 Å². The van der Waals surface area contributed by atoms with Crippen LogP contribution in [-0.4, -0.2) is 41.5 Å². The van der Waals surface area contributed by atoms with E-state index in [0.29, 0.717) is 6.04 Å². The van der Waals surface area contributed by atoms with Gasteiger partial charge >= 0.3 is 0 Å². The van der Waals surface area contributed by atoms with Crippen molar-refractivity contribution in [1.82, 2.24) is 15.2 Å². The average Bonchev–Trinajstić information content (AvgIpc) is 3.18. The summed E-state index contributed by atoms with van der Waals surface area (Å²) >= 11 is 3.30. The molecular weight excluding hydrogens is 326 g/mol. The Labute approximate surface area is 144 Å². The number of benzene rings is 1. The van der Waals surface area contributed by atoms with Crippen LogP contribution in [-0.2, 0) is 0 Å². The summed E-state index contributed by atoms with van der Waals surface area (Å²) in [5.41, 5.74) is 2.57. The summed E-state index contributed by atoms with van der Waals surface area (Å²) in [6.45, 7) is 3.41. The van der Waals surface area contributed by atoms with Gasteiger partial charge in [-0.2, -0.15) is 0 Å². The molecule has 3 atom stereocenters. The second-order valence-electron chi connectivity index (χ2n) is 6.27. The van der Waals surface area contributed by atoms with Gasteiger partial charge in [-0.1, -0.05) is 11.8 Å². The second-order valence-corrected chi connectivity index (χ2v) is 8.53. The van der Waals surface area contributed by atoms with Crippen molar-refractivity contribution in [3.63, 3.8) is 0 Å². The first-order valence-electron chi connectivity index (χ1n) is 7.96. The first-order valence-corrected chi connectivity index (χ1v) is 9.65. The number of hydrogen-bond acceptors (Lipinski definition) is 5. The molecule has 2 saturated heterocycles. The fraction of sp³-hybridized carbons (Fsp3) is 0.412. The average molecular weight is 345 g/mol. The molecule has 2 fully saturated rings. The van der Waals surface area contributed by atoms with Gasteiger partial charge in [-0.3, -0.25) is 9.78 Å². The predicted octanol–water partition coefficient (Wildman–Crippen LogP) is 3.12. The molecule has 3 heterocycles. The van der Waals surface area contributed by atoms with Crippen LogP contribution in [0.5, 0.6) is 0 Å². The number of fused-ring (bicyclic) bond motifs is 2. The molecule has 0 saturated carbocycles. The smallest absolute Gasteiger partial charge is 0.251 e. The maximum absolute atomic E-state index is 12.4. The van der Waals surface area contributed by atoms with Crippen molar-refractivity contribution in [2.45, 2.75) is 28.0 Å². The Morgan fingerprint density at radius 3 is 2.91 bits per heavy atom. The van der Waals surface area contributed by atoms with Gasteiger partial charge in [0.25, 0.3) is 5.91 Å². The molecule has 1 aromatic heterocycles. The van der Waals surface area contributed by atoms with E-state index >= 15 is 0 Å². The minimum absolute atomic E-state index is 0.0480. The lowest BCUT2D eigenvalue weighted by Crippen LogP contribution is -2.47. The number of aromatic nitrogens is 1. The van der Waals surface area contributed by atoms with Crippen molar-refractivity contribution in [2.24, 2.45) is 5.92 Å². The highest BCUT2D eigenvalue weighted by atomic mass is 32.2. The fourth-order valence-corrected chi connectivity index (χ4v) is 5.05. The van der Waals surface area contributed by atoms with E-state index in [4.69, 9.17) is 0 Å². The number of carbonyl (C=O) groups excluding carboxylic acids is 1. The molecule has 4 nitrogen and oxygen atoms in total. The third-order valence-electron chi connectivity index (χ3n) is 4.55. The Morgan fingerprint density at radius 2 is 2.17 bits per heavy atom. The topological polar surface area (TPSA) is 45.2 Å². The number of thiazole rings is 1. The summed E-state index contributed by atoms with van der Waals surface area (Å²) in [7, 11) is 0. The highest BCUT2D eigenvalue weighted by Gasteiger charge is 2.32. The highest BCUT2D eigenvalue weighted by Crippen LogP contribution is 2.30. The number of nitrogens with zero attached hydrogens (tertiary/aromatic N) is 2. The molecule has 1 amide bonds. The van der Waals surface area contributed by atoms with Gasteiger partial charge < -0.3 is 10.2 Å². The lowest BCUT2D eigenvalue weighted by Gasteiger charge is -2.30. The third kappa shape index (κ3) is 3.59. The van der Waals surface area contributed by atoms with E-state index in [1.165, 1.54) is 19.5 Å². The van der Waals surface area contributed by atoms with Gasteiger partial charge in [0.05, 0.1) is 15.9 Å². The zero-order valence-corrected chi connectivity index (χ0v) is 14.4. The zero-order valence-electron chi connectivity index (χ0n) is 12.8. The number of carbonyl (C=O) groups is 1. The summed E-state index contributed by atoms with van der Waals surface area (Å²) in [5, 5.41) is 3.21. The summed E-state index contributed by atoms with van der Waals surface area (Å²) < 4.78 is 1.16. The summed E-state index contributed by atoms with van der Waals surface area (Å²) in [6, 6.07) is 8.14. The van der Waals surface area contributed by atoms with Crippen LogP contribution >= 0.6 is 23.1 Å². The molecule has 1 aromatic carbocycles. The van der Waals surface area contributed by atoms with Crippen molar-refractivity contribution in [2.75, 3.05) is 19.6 Å². The molecule has 6 heteroatoms. The Morgan fingerprint density at radius 1 is 1.30 bits per heavy atom. The zero-order chi connectivity index (χ0) is 15.6. The van der Waals surface area contributed by atoms with Crippen LogP contribution < -0.4 is 5.32 Å². The lowest BCUT2D eigenvalue weighted by atomic mass is 9.96. The van der Waals surface area contributed by atoms with Gasteiger partial charge in [-0.15, -0.1) is 11.3 Å². The number of piperidine rings is 1. The number of rotatable bonds is 4. The van der Waals surface area contributed by atoms with E-state index in [9.17, 15) is 4.79 Å². The molecular formula is C17H19N3OS2. The number of nitrogens with one attached hydrogen (secondary N) is 1. The minimum atomic E-state index is 0.0480. The molecule has 0 aliphatic carbocycles. The van der Waals surface area contributed by atoms with Crippen LogP contribution in [0.25, 0.3) is 0 Å². The van der Waals surface area contributed by atoms with Crippen molar-refractivity contribution in [1.29, 1.82) is 0 Å². The largest absolute Gasteiger partial charge is 0.348 e. The van der Waals surface area contributed by atoms with Gasteiger partial charge in [0, 0.05) is 29.6 Å². The molecule has 2 aliphatic heterocycles. The molecule has 1 unspecified atom stereocenters. The predicted molar refractivity (Wildman–Crippen MR) is 93.1 cm³/mol. The maximum atomic E-state index is 12.4. The van der Waals surface area contributed by atoms with Crippen LogP contribution in [0.1, 0.15) is 23.2 Å². The first kappa shape index (κ1) is 15.2. The molecule has 1 N–H and O–H groups in total. The highest BCUT2D eigenvalue weighted by molar-refractivity contribution is 8.01. The molecule has 0 radical (unpaired) electrons. The van der Waals surface area contributed by atoms with Crippen molar-refractivity contribution in [3.8, 4) is 0 Å². The summed E-state index contributed by atoms with van der Waals surface area (Å²) in [6.07, 6.45) is 4.28. The first-order chi connectivity index (χ1) is 11.3. The van der Waals surface area contributed by atoms with Gasteiger partial charge in [-0.25, -0.2) is 0 Å². The molecule has 120 valence electrons. The summed E-state index contributed by atoms with van der Waals surface area (Å²) in [5.74, 6) is 0.819. The quantitative estimate of drug-likeness (QED) is 0.925. The van der Waals surface area contributed by atoms with E-state index in [-0.39, 0.29) is 5.91 Å². The van der Waals surface area contributed by atoms with Gasteiger partial charge in [-0.05, 0) is 49.6 Å².